The van der Waals surface area contributed by atoms with Crippen molar-refractivity contribution in [1.82, 2.24) is 15.1 Å². The molecule has 1 spiro atoms. The van der Waals surface area contributed by atoms with Crippen LogP contribution in [-0.2, 0) is 16.1 Å². The molecular formula is C34H47N3O6. The highest BCUT2D eigenvalue weighted by molar-refractivity contribution is 6.00. The van der Waals surface area contributed by atoms with Gasteiger partial charge in [-0.05, 0) is 61.9 Å². The number of rotatable bonds is 11. The first-order chi connectivity index (χ1) is 20.8. The summed E-state index contributed by atoms with van der Waals surface area (Å²) in [5, 5.41) is 14.2. The highest BCUT2D eigenvalue weighted by Crippen LogP contribution is 2.38. The molecule has 1 aliphatic carbocycles. The molecule has 2 N–H and O–H groups in total. The SMILES string of the molecule is CCCCN1C(=O)[C@@H](CC2(O)CCCCC2)NC(=O)C12CCN(Cc1ccc(Oc3ccc(OC)cc3OC)cc1)CC2. The lowest BCUT2D eigenvalue weighted by molar-refractivity contribution is -0.163. The van der Waals surface area contributed by atoms with Gasteiger partial charge in [0.2, 0.25) is 11.8 Å². The Labute approximate surface area is 255 Å². The molecule has 2 aromatic carbocycles. The third-order valence-electron chi connectivity index (χ3n) is 9.52. The van der Waals surface area contributed by atoms with Gasteiger partial charge < -0.3 is 29.5 Å². The fourth-order valence-electron chi connectivity index (χ4n) is 6.93. The van der Waals surface area contributed by atoms with E-state index in [1.54, 1.807) is 20.3 Å². The molecule has 0 radical (unpaired) electrons. The minimum absolute atomic E-state index is 0.0235. The van der Waals surface area contributed by atoms with Crippen molar-refractivity contribution >= 4 is 11.8 Å². The first-order valence-corrected chi connectivity index (χ1v) is 15.9. The van der Waals surface area contributed by atoms with Crippen LogP contribution in [0.3, 0.4) is 0 Å². The van der Waals surface area contributed by atoms with Gasteiger partial charge in [0, 0.05) is 38.7 Å². The predicted molar refractivity (Wildman–Crippen MR) is 165 cm³/mol. The molecule has 1 atom stereocenters. The van der Waals surface area contributed by atoms with Gasteiger partial charge in [-0.1, -0.05) is 44.7 Å². The predicted octanol–water partition coefficient (Wildman–Crippen LogP) is 5.04. The number of benzene rings is 2. The lowest BCUT2D eigenvalue weighted by Gasteiger charge is -2.52. The molecule has 2 amide bonds. The number of carbonyl (C=O) groups excluding carboxylic acids is 2. The lowest BCUT2D eigenvalue weighted by Crippen LogP contribution is -2.73. The lowest BCUT2D eigenvalue weighted by atomic mass is 9.77. The van der Waals surface area contributed by atoms with Gasteiger partial charge in [0.1, 0.15) is 23.1 Å². The van der Waals surface area contributed by atoms with Gasteiger partial charge in [0.25, 0.3) is 0 Å². The zero-order valence-electron chi connectivity index (χ0n) is 25.9. The summed E-state index contributed by atoms with van der Waals surface area (Å²) in [6.45, 7) is 4.88. The van der Waals surface area contributed by atoms with E-state index in [4.69, 9.17) is 14.2 Å². The molecule has 2 aliphatic heterocycles. The van der Waals surface area contributed by atoms with E-state index < -0.39 is 17.2 Å². The van der Waals surface area contributed by atoms with Crippen molar-refractivity contribution < 1.29 is 28.9 Å². The van der Waals surface area contributed by atoms with Crippen LogP contribution in [0.1, 0.15) is 76.7 Å². The van der Waals surface area contributed by atoms with Gasteiger partial charge >= 0.3 is 0 Å². The summed E-state index contributed by atoms with van der Waals surface area (Å²) in [4.78, 5) is 31.8. The fourth-order valence-corrected chi connectivity index (χ4v) is 6.93. The molecule has 0 aromatic heterocycles. The Bertz CT molecular complexity index is 1250. The maximum absolute atomic E-state index is 13.8. The van der Waals surface area contributed by atoms with Gasteiger partial charge in [-0.3, -0.25) is 14.5 Å². The molecule has 5 rings (SSSR count). The molecule has 1 saturated carbocycles. The molecule has 3 aliphatic rings. The number of piperazine rings is 1. The summed E-state index contributed by atoms with van der Waals surface area (Å²) in [6, 6.07) is 12.8. The molecule has 3 fully saturated rings. The van der Waals surface area contributed by atoms with Crippen LogP contribution in [0.15, 0.2) is 42.5 Å². The average molecular weight is 594 g/mol. The van der Waals surface area contributed by atoms with Crippen molar-refractivity contribution in [3.63, 3.8) is 0 Å². The zero-order chi connectivity index (χ0) is 30.5. The van der Waals surface area contributed by atoms with E-state index in [0.717, 1.165) is 57.3 Å². The second kappa shape index (κ2) is 13.6. The third kappa shape index (κ3) is 6.93. The minimum atomic E-state index is -0.864. The number of amides is 2. The molecule has 2 heterocycles. The van der Waals surface area contributed by atoms with Crippen LogP contribution in [0.4, 0.5) is 0 Å². The zero-order valence-corrected chi connectivity index (χ0v) is 25.9. The Morgan fingerprint density at radius 3 is 2.26 bits per heavy atom. The van der Waals surface area contributed by atoms with Gasteiger partial charge in [0.15, 0.2) is 11.5 Å². The number of methoxy groups -OCH3 is 2. The Morgan fingerprint density at radius 2 is 1.60 bits per heavy atom. The summed E-state index contributed by atoms with van der Waals surface area (Å²) >= 11 is 0. The quantitative estimate of drug-likeness (QED) is 0.376. The second-order valence-corrected chi connectivity index (χ2v) is 12.4. The van der Waals surface area contributed by atoms with Gasteiger partial charge in [0.05, 0.1) is 19.8 Å². The van der Waals surface area contributed by atoms with Crippen LogP contribution in [0, 0.1) is 0 Å². The van der Waals surface area contributed by atoms with E-state index in [2.05, 4.69) is 29.3 Å². The van der Waals surface area contributed by atoms with Crippen molar-refractivity contribution in [3.8, 4) is 23.0 Å². The van der Waals surface area contributed by atoms with Crippen molar-refractivity contribution in [2.75, 3.05) is 33.9 Å². The summed E-state index contributed by atoms with van der Waals surface area (Å²) in [7, 11) is 3.21. The van der Waals surface area contributed by atoms with Gasteiger partial charge in [-0.25, -0.2) is 0 Å². The number of unbranched alkanes of at least 4 members (excludes halogenated alkanes) is 1. The molecule has 0 bridgehead atoms. The van der Waals surface area contributed by atoms with Crippen LogP contribution in [-0.4, -0.2) is 77.8 Å². The molecule has 2 aromatic rings. The van der Waals surface area contributed by atoms with Gasteiger partial charge in [-0.2, -0.15) is 0 Å². The van der Waals surface area contributed by atoms with E-state index >= 15 is 0 Å². The van der Waals surface area contributed by atoms with Crippen LogP contribution in [0.5, 0.6) is 23.0 Å². The van der Waals surface area contributed by atoms with Crippen LogP contribution in [0.25, 0.3) is 0 Å². The normalized spacial score (nSPS) is 21.9. The second-order valence-electron chi connectivity index (χ2n) is 12.4. The topological polar surface area (TPSA) is 101 Å². The third-order valence-corrected chi connectivity index (χ3v) is 9.52. The first kappa shape index (κ1) is 31.1. The summed E-state index contributed by atoms with van der Waals surface area (Å²) in [6.07, 6.45) is 7.78. The smallest absolute Gasteiger partial charge is 0.246 e. The summed E-state index contributed by atoms with van der Waals surface area (Å²) in [5.41, 5.74) is -0.529. The number of aliphatic hydroxyl groups is 1. The Balaban J connectivity index is 1.21. The monoisotopic (exact) mass is 593 g/mol. The maximum Gasteiger partial charge on any atom is 0.246 e. The highest BCUT2D eigenvalue weighted by Gasteiger charge is 2.54. The number of hydrogen-bond donors (Lipinski definition) is 2. The number of nitrogens with one attached hydrogen (secondary N) is 1. The van der Waals surface area contributed by atoms with E-state index in [-0.39, 0.29) is 11.8 Å². The van der Waals surface area contributed by atoms with Crippen LogP contribution in [0.2, 0.25) is 0 Å². The molecule has 2 saturated heterocycles. The Hall–Kier alpha value is -3.30. The molecule has 234 valence electrons. The fraction of sp³-hybridized carbons (Fsp3) is 0.588. The van der Waals surface area contributed by atoms with Crippen LogP contribution < -0.4 is 19.5 Å². The summed E-state index contributed by atoms with van der Waals surface area (Å²) < 4.78 is 16.8. The Morgan fingerprint density at radius 1 is 0.907 bits per heavy atom. The number of carbonyl (C=O) groups is 2. The first-order valence-electron chi connectivity index (χ1n) is 15.9. The van der Waals surface area contributed by atoms with Crippen molar-refractivity contribution in [3.05, 3.63) is 48.0 Å². The largest absolute Gasteiger partial charge is 0.497 e. The van der Waals surface area contributed by atoms with E-state index in [0.29, 0.717) is 61.6 Å². The number of nitrogens with zero attached hydrogens (tertiary/aromatic N) is 2. The number of likely N-dealkylation sites (tertiary alicyclic amines) is 1. The highest BCUT2D eigenvalue weighted by atomic mass is 16.5. The molecular weight excluding hydrogens is 546 g/mol. The molecule has 9 heteroatoms. The van der Waals surface area contributed by atoms with Crippen molar-refractivity contribution in [1.29, 1.82) is 0 Å². The Kier molecular flexibility index (Phi) is 9.82. The number of hydrogen-bond acceptors (Lipinski definition) is 7. The standard InChI is InChI=1S/C34H47N3O6/c1-4-5-19-37-31(38)28(23-33(40)15-7-6-8-16-33)35-32(39)34(37)17-20-36(21-18-34)24-25-9-11-26(12-10-25)43-29-14-13-27(41-2)22-30(29)42-3/h9-14,22,28,40H,4-8,15-21,23-24H2,1-3H3,(H,35,39)/t28-/m1/s1. The average Bonchev–Trinajstić information content (AvgIpc) is 3.02. The van der Waals surface area contributed by atoms with Crippen molar-refractivity contribution in [2.45, 2.75) is 94.9 Å². The molecule has 43 heavy (non-hydrogen) atoms. The maximum atomic E-state index is 13.8. The number of ether oxygens (including phenoxy) is 3. The molecule has 9 nitrogen and oxygen atoms in total. The van der Waals surface area contributed by atoms with Gasteiger partial charge in [-0.15, -0.1) is 0 Å². The summed E-state index contributed by atoms with van der Waals surface area (Å²) in [5.74, 6) is 2.54. The van der Waals surface area contributed by atoms with E-state index in [9.17, 15) is 14.7 Å². The van der Waals surface area contributed by atoms with E-state index in [1.165, 1.54) is 0 Å². The van der Waals surface area contributed by atoms with Crippen LogP contribution >= 0.6 is 0 Å². The molecule has 0 unspecified atom stereocenters. The number of piperidine rings is 1. The minimum Gasteiger partial charge on any atom is -0.497 e. The van der Waals surface area contributed by atoms with Crippen molar-refractivity contribution in [2.24, 2.45) is 0 Å². The van der Waals surface area contributed by atoms with E-state index in [1.807, 2.05) is 29.2 Å².